The fourth-order valence-corrected chi connectivity index (χ4v) is 2.19. The Hall–Kier alpha value is -0.570. The van der Waals surface area contributed by atoms with E-state index in [-0.39, 0.29) is 6.61 Å². The predicted molar refractivity (Wildman–Crippen MR) is 135 cm³/mol. The van der Waals surface area contributed by atoms with Crippen LogP contribution >= 0.6 is 0 Å². The lowest BCUT2D eigenvalue weighted by Crippen LogP contribution is -2.15. The van der Waals surface area contributed by atoms with E-state index in [4.69, 9.17) is 70.0 Å². The molecule has 0 heterocycles. The van der Waals surface area contributed by atoms with Crippen molar-refractivity contribution in [1.82, 2.24) is 0 Å². The zero-order valence-corrected chi connectivity index (χ0v) is 23.3. The van der Waals surface area contributed by atoms with Crippen LogP contribution in [0.2, 0.25) is 0 Å². The summed E-state index contributed by atoms with van der Waals surface area (Å²) in [5.74, 6) is 0. The molecule has 0 amide bonds. The van der Waals surface area contributed by atoms with Gasteiger partial charge < -0.3 is 52.5 Å². The Morgan fingerprint density at radius 3 is 0.711 bits per heavy atom. The molecule has 0 atom stereocenters. The van der Waals surface area contributed by atoms with Crippen molar-refractivity contribution in [3.05, 3.63) is 0 Å². The second-order valence-electron chi connectivity index (χ2n) is 6.88. The first-order valence-corrected chi connectivity index (χ1v) is 13.9. The van der Waals surface area contributed by atoms with E-state index in [0.29, 0.717) is 132 Å². The minimum Gasteiger partial charge on any atom is -0.394 e. The average molecular weight is 585 g/mol. The zero-order valence-electron chi connectivity index (χ0n) is 22.5. The van der Waals surface area contributed by atoms with Gasteiger partial charge in [0.2, 0.25) is 0 Å². The van der Waals surface area contributed by atoms with E-state index in [1.54, 1.807) is 0 Å². The summed E-state index contributed by atoms with van der Waals surface area (Å²) < 4.78 is 84.9. The molecule has 232 valence electrons. The van der Waals surface area contributed by atoms with Crippen LogP contribution in [-0.2, 0) is 57.8 Å². The molecule has 15 nitrogen and oxygen atoms in total. The van der Waals surface area contributed by atoms with Gasteiger partial charge in [0.25, 0.3) is 0 Å². The van der Waals surface area contributed by atoms with Crippen LogP contribution in [0.25, 0.3) is 0 Å². The normalized spacial score (nSPS) is 11.5. The van der Waals surface area contributed by atoms with Crippen LogP contribution in [0.15, 0.2) is 0 Å². The maximum absolute atomic E-state index is 8.74. The van der Waals surface area contributed by atoms with E-state index < -0.39 is 10.4 Å². The molecule has 0 unspecified atom stereocenters. The van der Waals surface area contributed by atoms with Crippen molar-refractivity contribution in [2.45, 2.75) is 6.92 Å². The van der Waals surface area contributed by atoms with Gasteiger partial charge in [-0.3, -0.25) is 9.11 Å². The van der Waals surface area contributed by atoms with E-state index in [9.17, 15) is 0 Å². The van der Waals surface area contributed by atoms with E-state index in [2.05, 4.69) is 0 Å². The van der Waals surface area contributed by atoms with Crippen molar-refractivity contribution in [1.29, 1.82) is 0 Å². The fourth-order valence-electron chi connectivity index (χ4n) is 2.19. The molecule has 0 fully saturated rings. The molecule has 0 radical (unpaired) electrons. The Morgan fingerprint density at radius 2 is 0.553 bits per heavy atom. The molecular formula is C22H48O15S. The molecule has 0 spiro atoms. The van der Waals surface area contributed by atoms with Crippen molar-refractivity contribution in [2.75, 3.05) is 139 Å². The van der Waals surface area contributed by atoms with Gasteiger partial charge in [-0.25, -0.2) is 0 Å². The Kier molecular flexibility index (Phi) is 35.9. The molecule has 0 saturated carbocycles. The second-order valence-corrected chi connectivity index (χ2v) is 7.78. The number of rotatable bonds is 30. The van der Waals surface area contributed by atoms with Crippen LogP contribution in [0.3, 0.4) is 0 Å². The lowest BCUT2D eigenvalue weighted by Gasteiger charge is -2.09. The summed E-state index contributed by atoms with van der Waals surface area (Å²) in [7, 11) is -4.67. The van der Waals surface area contributed by atoms with Crippen molar-refractivity contribution in [3.63, 3.8) is 0 Å². The number of hydrogen-bond donors (Lipinski definition) is 3. The monoisotopic (exact) mass is 584 g/mol. The van der Waals surface area contributed by atoms with Crippen LogP contribution in [0.5, 0.6) is 0 Å². The Bertz CT molecular complexity index is 487. The van der Waals surface area contributed by atoms with Gasteiger partial charge in [0.05, 0.1) is 132 Å². The summed E-state index contributed by atoms with van der Waals surface area (Å²) in [6, 6.07) is 0. The maximum Gasteiger partial charge on any atom is 0.394 e. The summed E-state index contributed by atoms with van der Waals surface area (Å²) in [5.41, 5.74) is 0. The van der Waals surface area contributed by atoms with Crippen molar-refractivity contribution in [3.8, 4) is 0 Å². The summed E-state index contributed by atoms with van der Waals surface area (Å²) >= 11 is 0. The minimum absolute atomic E-state index is 0.0301. The van der Waals surface area contributed by atoms with Crippen LogP contribution < -0.4 is 0 Å². The molecule has 0 aromatic heterocycles. The summed E-state index contributed by atoms with van der Waals surface area (Å²) in [6.45, 7) is 12.6. The first kappa shape index (κ1) is 39.6. The highest BCUT2D eigenvalue weighted by molar-refractivity contribution is 7.79. The average Bonchev–Trinajstić information content (AvgIpc) is 2.87. The van der Waals surface area contributed by atoms with E-state index in [1.165, 1.54) is 0 Å². The number of ether oxygens (including phenoxy) is 10. The molecule has 16 heteroatoms. The first-order valence-electron chi connectivity index (χ1n) is 12.5. The summed E-state index contributed by atoms with van der Waals surface area (Å²) in [6.07, 6.45) is 0. The van der Waals surface area contributed by atoms with Gasteiger partial charge in [-0.15, -0.1) is 0 Å². The van der Waals surface area contributed by atoms with Gasteiger partial charge in [-0.05, 0) is 6.92 Å². The largest absolute Gasteiger partial charge is 0.394 e. The quantitative estimate of drug-likeness (QED) is 0.0724. The van der Waals surface area contributed by atoms with Crippen LogP contribution in [0.4, 0.5) is 0 Å². The molecule has 0 rings (SSSR count). The van der Waals surface area contributed by atoms with Crippen molar-refractivity contribution in [2.24, 2.45) is 0 Å². The van der Waals surface area contributed by atoms with E-state index in [1.807, 2.05) is 6.92 Å². The van der Waals surface area contributed by atoms with Gasteiger partial charge in [0, 0.05) is 6.61 Å². The molecule has 0 aromatic carbocycles. The van der Waals surface area contributed by atoms with Crippen LogP contribution in [0, 0.1) is 0 Å². The maximum atomic E-state index is 8.74. The zero-order chi connectivity index (χ0) is 28.4. The van der Waals surface area contributed by atoms with Gasteiger partial charge >= 0.3 is 10.4 Å². The van der Waals surface area contributed by atoms with Gasteiger partial charge in [0.1, 0.15) is 0 Å². The third-order valence-electron chi connectivity index (χ3n) is 3.79. The van der Waals surface area contributed by atoms with Crippen molar-refractivity contribution >= 4 is 10.4 Å². The molecular weight excluding hydrogens is 536 g/mol. The molecule has 38 heavy (non-hydrogen) atoms. The van der Waals surface area contributed by atoms with Gasteiger partial charge in [-0.2, -0.15) is 8.42 Å². The lowest BCUT2D eigenvalue weighted by atomic mass is 10.6. The SMILES string of the molecule is CCOCCOCCOCCOCCOCCOCCOCCOCCOCCOCCO.O=S(=O)(O)O. The highest BCUT2D eigenvalue weighted by atomic mass is 32.3. The third-order valence-corrected chi connectivity index (χ3v) is 3.79. The molecule has 0 aliphatic heterocycles. The topological polar surface area (TPSA) is 187 Å². The molecule has 0 aromatic rings. The van der Waals surface area contributed by atoms with Gasteiger partial charge in [0.15, 0.2) is 0 Å². The summed E-state index contributed by atoms with van der Waals surface area (Å²) in [5, 5.41) is 8.54. The molecule has 3 N–H and O–H groups in total. The predicted octanol–water partition coefficient (Wildman–Crippen LogP) is -0.488. The van der Waals surface area contributed by atoms with Crippen LogP contribution in [0.1, 0.15) is 6.92 Å². The Labute approximate surface area is 226 Å². The van der Waals surface area contributed by atoms with Crippen LogP contribution in [-0.4, -0.2) is 161 Å². The number of aliphatic hydroxyl groups excluding tert-OH is 1. The summed E-state index contributed by atoms with van der Waals surface area (Å²) in [4.78, 5) is 0. The Balaban J connectivity index is 0. The molecule has 0 aliphatic rings. The molecule has 0 aliphatic carbocycles. The minimum atomic E-state index is -4.67. The highest BCUT2D eigenvalue weighted by Crippen LogP contribution is 1.86. The lowest BCUT2D eigenvalue weighted by molar-refractivity contribution is -0.0266. The highest BCUT2D eigenvalue weighted by Gasteiger charge is 1.95. The second kappa shape index (κ2) is 34.5. The van der Waals surface area contributed by atoms with E-state index in [0.717, 1.165) is 0 Å². The standard InChI is InChI=1S/C22H46O11.H2O4S/c1-2-24-5-6-26-9-10-28-13-14-30-17-18-32-21-22-33-20-19-31-16-15-29-12-11-27-8-7-25-4-3-23;1-5(2,3)4/h23H,2-22H2,1H3;(H2,1,2,3,4). The van der Waals surface area contributed by atoms with Gasteiger partial charge in [-0.1, -0.05) is 0 Å². The van der Waals surface area contributed by atoms with E-state index >= 15 is 0 Å². The first-order chi connectivity index (χ1) is 18.4. The number of aliphatic hydroxyl groups is 1. The third kappa shape index (κ3) is 48.5. The molecule has 0 bridgehead atoms. The van der Waals surface area contributed by atoms with Crippen molar-refractivity contribution < 1.29 is 70.0 Å². The molecule has 0 saturated heterocycles. The smallest absolute Gasteiger partial charge is 0.394 e. The Morgan fingerprint density at radius 1 is 0.395 bits per heavy atom. The fraction of sp³-hybridized carbons (Fsp3) is 1.00. The number of hydrogen-bond acceptors (Lipinski definition) is 13.